The smallest absolute Gasteiger partial charge is 0.175 e. The zero-order valence-corrected chi connectivity index (χ0v) is 10.1. The molecular formula is C7H10N4S3. The molecule has 0 bridgehead atoms. The molecule has 7 heteroatoms. The van der Waals surface area contributed by atoms with Crippen LogP contribution in [0.4, 0.5) is 0 Å². The highest BCUT2D eigenvalue weighted by Crippen LogP contribution is 2.27. The Labute approximate surface area is 95.3 Å². The molecule has 1 rings (SSSR count). The summed E-state index contributed by atoms with van der Waals surface area (Å²) in [4.78, 5) is 0. The molecule has 1 heterocycles. The third-order valence-corrected chi connectivity index (χ3v) is 4.45. The number of nitriles is 1. The zero-order chi connectivity index (χ0) is 10.4. The molecule has 2 N–H and O–H groups in total. The standard InChI is InChI=1S/C7H10N4S3/c1-12-6-10-11-7(14-6)13-3-2-5(9)4-8/h5H,2-3,9H2,1H3. The predicted molar refractivity (Wildman–Crippen MR) is 60.6 cm³/mol. The highest BCUT2D eigenvalue weighted by Gasteiger charge is 2.05. The number of thioether (sulfide) groups is 2. The van der Waals surface area contributed by atoms with Gasteiger partial charge in [0.2, 0.25) is 0 Å². The summed E-state index contributed by atoms with van der Waals surface area (Å²) in [7, 11) is 0. The van der Waals surface area contributed by atoms with Gasteiger partial charge in [-0.25, -0.2) is 0 Å². The summed E-state index contributed by atoms with van der Waals surface area (Å²) in [6.07, 6.45) is 2.66. The van der Waals surface area contributed by atoms with Crippen LogP contribution < -0.4 is 5.73 Å². The second-order valence-corrected chi connectivity index (χ2v) is 5.78. The van der Waals surface area contributed by atoms with Crippen molar-refractivity contribution in [2.75, 3.05) is 12.0 Å². The fraction of sp³-hybridized carbons (Fsp3) is 0.571. The Morgan fingerprint density at radius 3 is 2.86 bits per heavy atom. The third kappa shape index (κ3) is 3.84. The SMILES string of the molecule is CSc1nnc(SCCC(N)C#N)s1. The molecule has 1 unspecified atom stereocenters. The monoisotopic (exact) mass is 246 g/mol. The molecule has 1 atom stereocenters. The molecule has 76 valence electrons. The number of aromatic nitrogens is 2. The van der Waals surface area contributed by atoms with Crippen LogP contribution in [0.15, 0.2) is 8.68 Å². The quantitative estimate of drug-likeness (QED) is 0.795. The Kier molecular flexibility index (Phi) is 5.25. The maximum Gasteiger partial charge on any atom is 0.175 e. The van der Waals surface area contributed by atoms with E-state index in [1.807, 2.05) is 12.3 Å². The second-order valence-electron chi connectivity index (χ2n) is 2.41. The number of nitrogens with zero attached hydrogens (tertiary/aromatic N) is 3. The molecule has 0 aliphatic rings. The Morgan fingerprint density at radius 2 is 2.29 bits per heavy atom. The van der Waals surface area contributed by atoms with Crippen molar-refractivity contribution in [2.45, 2.75) is 21.1 Å². The summed E-state index contributed by atoms with van der Waals surface area (Å²) in [6, 6.07) is 1.63. The van der Waals surface area contributed by atoms with Crippen molar-refractivity contribution < 1.29 is 0 Å². The van der Waals surface area contributed by atoms with Crippen molar-refractivity contribution >= 4 is 34.9 Å². The molecule has 0 aromatic carbocycles. The minimum atomic E-state index is -0.365. The van der Waals surface area contributed by atoms with Crippen molar-refractivity contribution in [2.24, 2.45) is 5.73 Å². The van der Waals surface area contributed by atoms with Crippen LogP contribution in [-0.4, -0.2) is 28.2 Å². The summed E-state index contributed by atoms with van der Waals surface area (Å²) >= 11 is 4.76. The van der Waals surface area contributed by atoms with Gasteiger partial charge in [0.15, 0.2) is 8.68 Å². The van der Waals surface area contributed by atoms with Gasteiger partial charge in [0.05, 0.1) is 12.1 Å². The predicted octanol–water partition coefficient (Wildman–Crippen LogP) is 1.59. The maximum atomic E-state index is 8.46. The van der Waals surface area contributed by atoms with E-state index in [1.165, 1.54) is 0 Å². The summed E-state index contributed by atoms with van der Waals surface area (Å²) in [5, 5.41) is 16.4. The average molecular weight is 246 g/mol. The minimum absolute atomic E-state index is 0.365. The molecule has 1 aromatic rings. The van der Waals surface area contributed by atoms with Gasteiger partial charge in [0, 0.05) is 5.75 Å². The van der Waals surface area contributed by atoms with Crippen LogP contribution in [0.3, 0.4) is 0 Å². The lowest BCUT2D eigenvalue weighted by molar-refractivity contribution is 0.802. The third-order valence-electron chi connectivity index (χ3n) is 1.38. The van der Waals surface area contributed by atoms with Crippen LogP contribution in [-0.2, 0) is 0 Å². The van der Waals surface area contributed by atoms with E-state index in [9.17, 15) is 0 Å². The zero-order valence-electron chi connectivity index (χ0n) is 7.64. The van der Waals surface area contributed by atoms with Gasteiger partial charge in [0.25, 0.3) is 0 Å². The van der Waals surface area contributed by atoms with E-state index in [1.54, 1.807) is 34.9 Å². The molecule has 0 radical (unpaired) electrons. The van der Waals surface area contributed by atoms with E-state index in [4.69, 9.17) is 11.0 Å². The highest BCUT2D eigenvalue weighted by molar-refractivity contribution is 8.02. The molecule has 1 aromatic heterocycles. The molecule has 4 nitrogen and oxygen atoms in total. The number of hydrogen-bond acceptors (Lipinski definition) is 7. The molecule has 0 spiro atoms. The molecule has 0 saturated carbocycles. The Hall–Kier alpha value is -0.290. The van der Waals surface area contributed by atoms with Crippen molar-refractivity contribution in [3.05, 3.63) is 0 Å². The van der Waals surface area contributed by atoms with Crippen LogP contribution in [0.5, 0.6) is 0 Å². The largest absolute Gasteiger partial charge is 0.316 e. The highest BCUT2D eigenvalue weighted by atomic mass is 32.2. The van der Waals surface area contributed by atoms with Gasteiger partial charge in [-0.05, 0) is 12.7 Å². The van der Waals surface area contributed by atoms with E-state index in [0.29, 0.717) is 6.42 Å². The number of hydrogen-bond donors (Lipinski definition) is 1. The topological polar surface area (TPSA) is 75.6 Å². The first-order valence-electron chi connectivity index (χ1n) is 3.91. The second kappa shape index (κ2) is 6.24. The van der Waals surface area contributed by atoms with Crippen molar-refractivity contribution in [3.8, 4) is 6.07 Å². The molecule has 0 aliphatic heterocycles. The van der Waals surface area contributed by atoms with Crippen LogP contribution in [0.1, 0.15) is 6.42 Å². The molecule has 0 fully saturated rings. The Balaban J connectivity index is 2.28. The van der Waals surface area contributed by atoms with Crippen LogP contribution in [0, 0.1) is 11.3 Å². The first-order valence-corrected chi connectivity index (χ1v) is 6.94. The van der Waals surface area contributed by atoms with Crippen molar-refractivity contribution in [1.82, 2.24) is 10.2 Å². The Bertz CT molecular complexity index is 319. The van der Waals surface area contributed by atoms with Crippen molar-refractivity contribution in [3.63, 3.8) is 0 Å². The van der Waals surface area contributed by atoms with E-state index < -0.39 is 0 Å². The fourth-order valence-electron chi connectivity index (χ4n) is 0.676. The molecular weight excluding hydrogens is 236 g/mol. The lowest BCUT2D eigenvalue weighted by atomic mass is 10.3. The summed E-state index contributed by atoms with van der Waals surface area (Å²) < 4.78 is 1.91. The van der Waals surface area contributed by atoms with E-state index >= 15 is 0 Å². The van der Waals surface area contributed by atoms with Gasteiger partial charge in [-0.1, -0.05) is 34.9 Å². The lowest BCUT2D eigenvalue weighted by Crippen LogP contribution is -2.17. The van der Waals surface area contributed by atoms with Crippen LogP contribution >= 0.6 is 34.9 Å². The number of nitrogens with two attached hydrogens (primary N) is 1. The normalized spacial score (nSPS) is 12.4. The fourth-order valence-corrected chi connectivity index (χ4v) is 3.21. The van der Waals surface area contributed by atoms with Gasteiger partial charge in [0.1, 0.15) is 0 Å². The van der Waals surface area contributed by atoms with Gasteiger partial charge in [-0.2, -0.15) is 5.26 Å². The lowest BCUT2D eigenvalue weighted by Gasteiger charge is -1.98. The summed E-state index contributed by atoms with van der Waals surface area (Å²) in [5.74, 6) is 0.817. The molecule has 14 heavy (non-hydrogen) atoms. The first kappa shape index (κ1) is 11.8. The number of rotatable bonds is 5. The van der Waals surface area contributed by atoms with Gasteiger partial charge >= 0.3 is 0 Å². The van der Waals surface area contributed by atoms with Crippen LogP contribution in [0.2, 0.25) is 0 Å². The Morgan fingerprint density at radius 1 is 1.57 bits per heavy atom. The molecule has 0 amide bonds. The van der Waals surface area contributed by atoms with E-state index in [2.05, 4.69) is 10.2 Å². The average Bonchev–Trinajstić information content (AvgIpc) is 2.65. The van der Waals surface area contributed by atoms with Gasteiger partial charge < -0.3 is 5.73 Å². The van der Waals surface area contributed by atoms with Crippen molar-refractivity contribution in [1.29, 1.82) is 5.26 Å². The molecule has 0 saturated heterocycles. The van der Waals surface area contributed by atoms with Crippen LogP contribution in [0.25, 0.3) is 0 Å². The molecule has 0 aliphatic carbocycles. The summed E-state index contributed by atoms with van der Waals surface area (Å²) in [6.45, 7) is 0. The van der Waals surface area contributed by atoms with E-state index in [-0.39, 0.29) is 6.04 Å². The van der Waals surface area contributed by atoms with E-state index in [0.717, 1.165) is 14.4 Å². The van der Waals surface area contributed by atoms with Gasteiger partial charge in [-0.3, -0.25) is 0 Å². The van der Waals surface area contributed by atoms with Gasteiger partial charge in [-0.15, -0.1) is 10.2 Å². The minimum Gasteiger partial charge on any atom is -0.316 e. The maximum absolute atomic E-state index is 8.46. The summed E-state index contributed by atoms with van der Waals surface area (Å²) in [5.41, 5.74) is 5.46. The first-order chi connectivity index (χ1) is 6.76.